The number of hydrogen-bond donors (Lipinski definition) is 1. The summed E-state index contributed by atoms with van der Waals surface area (Å²) >= 11 is 1.43. The van der Waals surface area contributed by atoms with Crippen molar-refractivity contribution >= 4 is 22.2 Å². The summed E-state index contributed by atoms with van der Waals surface area (Å²) in [7, 11) is 1.30. The number of amides is 1. The zero-order valence-corrected chi connectivity index (χ0v) is 15.7. The van der Waals surface area contributed by atoms with Crippen LogP contribution in [0.5, 0.6) is 11.5 Å². The molecule has 5 nitrogen and oxygen atoms in total. The summed E-state index contributed by atoms with van der Waals surface area (Å²) < 4.78 is 34.2. The van der Waals surface area contributed by atoms with E-state index in [2.05, 4.69) is 23.0 Å². The first kappa shape index (κ1) is 19.1. The molecule has 1 aromatic carbocycles. The zero-order valence-electron chi connectivity index (χ0n) is 14.8. The van der Waals surface area contributed by atoms with Crippen LogP contribution in [0.3, 0.4) is 0 Å². The van der Waals surface area contributed by atoms with Crippen LogP contribution in [0.1, 0.15) is 39.7 Å². The molecule has 0 saturated heterocycles. The predicted molar refractivity (Wildman–Crippen MR) is 97.8 cm³/mol. The molecule has 3 rings (SSSR count). The molecule has 0 fully saturated rings. The van der Waals surface area contributed by atoms with Gasteiger partial charge in [0.2, 0.25) is 0 Å². The van der Waals surface area contributed by atoms with Crippen LogP contribution in [-0.2, 0) is 12.8 Å². The lowest BCUT2D eigenvalue weighted by atomic mass is 9.88. The molecule has 142 valence electrons. The zero-order chi connectivity index (χ0) is 19.6. The molecule has 0 spiro atoms. The number of fused-ring (bicyclic) bond motifs is 1. The van der Waals surface area contributed by atoms with Gasteiger partial charge in [0.05, 0.1) is 12.7 Å². The summed E-state index contributed by atoms with van der Waals surface area (Å²) in [5.74, 6) is -0.0111. The Hall–Kier alpha value is -2.66. The van der Waals surface area contributed by atoms with Crippen LogP contribution >= 0.6 is 11.3 Å². The molecule has 1 aliphatic rings. The van der Waals surface area contributed by atoms with Crippen LogP contribution in [0.15, 0.2) is 18.2 Å². The van der Waals surface area contributed by atoms with E-state index in [4.69, 9.17) is 4.74 Å². The Morgan fingerprint density at radius 3 is 2.85 bits per heavy atom. The molecule has 8 heteroatoms. The Bertz CT molecular complexity index is 905. The predicted octanol–water partition coefficient (Wildman–Crippen LogP) is 4.61. The smallest absolute Gasteiger partial charge is 0.387 e. The van der Waals surface area contributed by atoms with Gasteiger partial charge in [0.25, 0.3) is 5.91 Å². The SMILES string of the molecule is COc1cc(C(=O)Nc2sc3c(c2C#N)CC[C@@H](C)C3)ccc1OC(F)F. The standard InChI is InChI=1S/C19H18F2N2O3S/c1-10-3-5-12-13(9-22)18(27-16(12)7-10)23-17(24)11-4-6-14(26-19(20)21)15(8-11)25-2/h4,6,8,10,19H,3,5,7H2,1-2H3,(H,23,24)/t10-/m1/s1. The number of nitrogens with one attached hydrogen (secondary N) is 1. The molecule has 0 saturated carbocycles. The minimum atomic E-state index is -2.99. The van der Waals surface area contributed by atoms with E-state index < -0.39 is 12.5 Å². The number of thiophene rings is 1. The summed E-state index contributed by atoms with van der Waals surface area (Å²) in [6.07, 6.45) is 2.76. The summed E-state index contributed by atoms with van der Waals surface area (Å²) in [5, 5.41) is 12.8. The van der Waals surface area contributed by atoms with Crippen LogP contribution in [-0.4, -0.2) is 19.6 Å². The van der Waals surface area contributed by atoms with Crippen LogP contribution in [0.25, 0.3) is 0 Å². The Morgan fingerprint density at radius 1 is 1.41 bits per heavy atom. The largest absolute Gasteiger partial charge is 0.493 e. The highest BCUT2D eigenvalue weighted by Gasteiger charge is 2.25. The van der Waals surface area contributed by atoms with Gasteiger partial charge in [-0.3, -0.25) is 4.79 Å². The molecule has 27 heavy (non-hydrogen) atoms. The fourth-order valence-corrected chi connectivity index (χ4v) is 4.49. The van der Waals surface area contributed by atoms with Gasteiger partial charge < -0.3 is 14.8 Å². The number of nitriles is 1. The van der Waals surface area contributed by atoms with Gasteiger partial charge in [0.15, 0.2) is 11.5 Å². The van der Waals surface area contributed by atoms with Gasteiger partial charge in [-0.05, 0) is 48.9 Å². The van der Waals surface area contributed by atoms with Crippen molar-refractivity contribution in [3.63, 3.8) is 0 Å². The highest BCUT2D eigenvalue weighted by Crippen LogP contribution is 2.39. The van der Waals surface area contributed by atoms with Crippen LogP contribution in [0.4, 0.5) is 13.8 Å². The third kappa shape index (κ3) is 4.03. The lowest BCUT2D eigenvalue weighted by molar-refractivity contribution is -0.0512. The summed E-state index contributed by atoms with van der Waals surface area (Å²) in [6, 6.07) is 6.15. The normalized spacial score (nSPS) is 15.8. The number of carbonyl (C=O) groups excluding carboxylic acids is 1. The van der Waals surface area contributed by atoms with Crippen LogP contribution < -0.4 is 14.8 Å². The molecule has 1 N–H and O–H groups in total. The molecular formula is C19H18F2N2O3S. The van der Waals surface area contributed by atoms with Crippen LogP contribution in [0, 0.1) is 17.2 Å². The van der Waals surface area contributed by atoms with E-state index in [0.717, 1.165) is 29.7 Å². The van der Waals surface area contributed by atoms with Gasteiger partial charge in [-0.2, -0.15) is 14.0 Å². The summed E-state index contributed by atoms with van der Waals surface area (Å²) in [6.45, 7) is -0.820. The molecule has 1 heterocycles. The number of alkyl halides is 2. The van der Waals surface area contributed by atoms with Gasteiger partial charge >= 0.3 is 6.61 Å². The van der Waals surface area contributed by atoms with Gasteiger partial charge in [-0.1, -0.05) is 6.92 Å². The Labute approximate surface area is 159 Å². The number of rotatable bonds is 5. The van der Waals surface area contributed by atoms with Crippen molar-refractivity contribution in [2.24, 2.45) is 5.92 Å². The van der Waals surface area contributed by atoms with E-state index in [1.165, 1.54) is 36.6 Å². The quantitative estimate of drug-likeness (QED) is 0.807. The molecule has 2 aromatic rings. The molecule has 1 aliphatic carbocycles. The first-order chi connectivity index (χ1) is 12.9. The number of benzene rings is 1. The number of carbonyl (C=O) groups is 1. The third-order valence-corrected chi connectivity index (χ3v) is 5.66. The van der Waals surface area contributed by atoms with Crippen LogP contribution in [0.2, 0.25) is 0 Å². The van der Waals surface area contributed by atoms with E-state index in [9.17, 15) is 18.8 Å². The number of halogens is 2. The highest BCUT2D eigenvalue weighted by molar-refractivity contribution is 7.16. The Balaban J connectivity index is 1.85. The number of hydrogen-bond acceptors (Lipinski definition) is 5. The van der Waals surface area contributed by atoms with Gasteiger partial charge in [0, 0.05) is 10.4 Å². The lowest BCUT2D eigenvalue weighted by Crippen LogP contribution is -2.13. The number of ether oxygens (including phenoxy) is 2. The Morgan fingerprint density at radius 2 is 2.19 bits per heavy atom. The number of anilines is 1. The molecule has 0 radical (unpaired) electrons. The monoisotopic (exact) mass is 392 g/mol. The average Bonchev–Trinajstić information content (AvgIpc) is 2.97. The summed E-state index contributed by atoms with van der Waals surface area (Å²) in [4.78, 5) is 13.7. The highest BCUT2D eigenvalue weighted by atomic mass is 32.1. The van der Waals surface area contributed by atoms with E-state index in [1.807, 2.05) is 0 Å². The number of nitrogens with zero attached hydrogens (tertiary/aromatic N) is 1. The molecule has 1 aromatic heterocycles. The molecule has 0 unspecified atom stereocenters. The maximum absolute atomic E-state index is 12.6. The average molecular weight is 392 g/mol. The van der Waals surface area contributed by atoms with E-state index in [1.54, 1.807) is 0 Å². The number of methoxy groups -OCH3 is 1. The van der Waals surface area contributed by atoms with Crippen molar-refractivity contribution in [2.75, 3.05) is 12.4 Å². The fraction of sp³-hybridized carbons (Fsp3) is 0.368. The van der Waals surface area contributed by atoms with Crippen molar-refractivity contribution in [2.45, 2.75) is 32.8 Å². The van der Waals surface area contributed by atoms with Crippen molar-refractivity contribution in [1.82, 2.24) is 0 Å². The van der Waals surface area contributed by atoms with Crippen molar-refractivity contribution in [1.29, 1.82) is 5.26 Å². The second-order valence-corrected chi connectivity index (χ2v) is 7.47. The maximum Gasteiger partial charge on any atom is 0.387 e. The molecule has 1 atom stereocenters. The molecule has 0 bridgehead atoms. The van der Waals surface area contributed by atoms with Gasteiger partial charge in [0.1, 0.15) is 11.1 Å². The minimum Gasteiger partial charge on any atom is -0.493 e. The minimum absolute atomic E-state index is 0.0303. The summed E-state index contributed by atoms with van der Waals surface area (Å²) in [5.41, 5.74) is 1.76. The van der Waals surface area contributed by atoms with E-state index >= 15 is 0 Å². The van der Waals surface area contributed by atoms with Gasteiger partial charge in [-0.15, -0.1) is 11.3 Å². The lowest BCUT2D eigenvalue weighted by Gasteiger charge is -2.17. The topological polar surface area (TPSA) is 71.3 Å². The maximum atomic E-state index is 12.6. The third-order valence-electron chi connectivity index (χ3n) is 4.49. The first-order valence-electron chi connectivity index (χ1n) is 8.41. The first-order valence-corrected chi connectivity index (χ1v) is 9.23. The molecule has 1 amide bonds. The second-order valence-electron chi connectivity index (χ2n) is 6.37. The Kier molecular flexibility index (Phi) is 5.61. The van der Waals surface area contributed by atoms with E-state index in [0.29, 0.717) is 16.5 Å². The van der Waals surface area contributed by atoms with Gasteiger partial charge in [-0.25, -0.2) is 0 Å². The molecular weight excluding hydrogens is 374 g/mol. The van der Waals surface area contributed by atoms with Crippen molar-refractivity contribution in [3.05, 3.63) is 39.8 Å². The fourth-order valence-electron chi connectivity index (χ4n) is 3.13. The second kappa shape index (κ2) is 7.92. The molecule has 0 aliphatic heterocycles. The van der Waals surface area contributed by atoms with Crippen molar-refractivity contribution < 1.29 is 23.0 Å². The van der Waals surface area contributed by atoms with Crippen molar-refractivity contribution in [3.8, 4) is 17.6 Å². The van der Waals surface area contributed by atoms with E-state index in [-0.39, 0.29) is 17.1 Å².